The molecule has 1 aromatic rings. The molecule has 1 aromatic heterocycles. The van der Waals surface area contributed by atoms with Crippen LogP contribution >= 0.6 is 0 Å². The van der Waals surface area contributed by atoms with Crippen molar-refractivity contribution in [3.8, 4) is 0 Å². The molecule has 0 aliphatic carbocycles. The Morgan fingerprint density at radius 1 is 1.50 bits per heavy atom. The number of rotatable bonds is 2. The zero-order valence-electron chi connectivity index (χ0n) is 8.07. The highest BCUT2D eigenvalue weighted by atomic mass is 16.1. The van der Waals surface area contributed by atoms with Crippen molar-refractivity contribution in [1.29, 1.82) is 0 Å². The molecule has 1 fully saturated rings. The molecule has 0 radical (unpaired) electrons. The summed E-state index contributed by atoms with van der Waals surface area (Å²) in [5.41, 5.74) is 1.01. The summed E-state index contributed by atoms with van der Waals surface area (Å²) in [5, 5.41) is 2.89. The first kappa shape index (κ1) is 9.19. The maximum atomic E-state index is 11.5. The second kappa shape index (κ2) is 4.22. The molecule has 74 valence electrons. The Kier molecular flexibility index (Phi) is 2.77. The van der Waals surface area contributed by atoms with Crippen molar-refractivity contribution < 1.29 is 4.79 Å². The predicted octanol–water partition coefficient (Wildman–Crippen LogP) is 1.15. The van der Waals surface area contributed by atoms with Crippen molar-refractivity contribution in [2.45, 2.75) is 19.3 Å². The Balaban J connectivity index is 2.00. The second-order valence-corrected chi connectivity index (χ2v) is 3.66. The monoisotopic (exact) mass is 190 g/mol. The maximum absolute atomic E-state index is 11.5. The standard InChI is InChI=1S/C11H14N2O/c14-11-9(4-3-7-13-11)8-10-5-1-2-6-12-10/h1-2,5-6,9H,3-4,7-8H2,(H,13,14). The highest BCUT2D eigenvalue weighted by Crippen LogP contribution is 2.15. The molecule has 1 amide bonds. The lowest BCUT2D eigenvalue weighted by atomic mass is 9.93. The number of hydrogen-bond acceptors (Lipinski definition) is 2. The Bertz CT molecular complexity index is 310. The third kappa shape index (κ3) is 2.10. The molecule has 3 heteroatoms. The summed E-state index contributed by atoms with van der Waals surface area (Å²) < 4.78 is 0. The first-order chi connectivity index (χ1) is 6.86. The van der Waals surface area contributed by atoms with Gasteiger partial charge in [-0.2, -0.15) is 0 Å². The van der Waals surface area contributed by atoms with E-state index >= 15 is 0 Å². The fraction of sp³-hybridized carbons (Fsp3) is 0.455. The minimum absolute atomic E-state index is 0.124. The summed E-state index contributed by atoms with van der Waals surface area (Å²) in [6.07, 6.45) is 4.62. The molecule has 1 saturated heterocycles. The predicted molar refractivity (Wildman–Crippen MR) is 53.7 cm³/mol. The van der Waals surface area contributed by atoms with Gasteiger partial charge in [0.2, 0.25) is 5.91 Å². The van der Waals surface area contributed by atoms with Gasteiger partial charge in [-0.25, -0.2) is 0 Å². The number of amides is 1. The lowest BCUT2D eigenvalue weighted by Crippen LogP contribution is -2.37. The molecule has 1 atom stereocenters. The van der Waals surface area contributed by atoms with Gasteiger partial charge < -0.3 is 5.32 Å². The molecule has 1 aliphatic rings. The molecule has 1 N–H and O–H groups in total. The lowest BCUT2D eigenvalue weighted by molar-refractivity contribution is -0.126. The van der Waals surface area contributed by atoms with Crippen molar-refractivity contribution in [1.82, 2.24) is 10.3 Å². The largest absolute Gasteiger partial charge is 0.356 e. The van der Waals surface area contributed by atoms with Crippen molar-refractivity contribution >= 4 is 5.91 Å². The van der Waals surface area contributed by atoms with Gasteiger partial charge in [-0.15, -0.1) is 0 Å². The molecule has 0 aromatic carbocycles. The van der Waals surface area contributed by atoms with Crippen molar-refractivity contribution in [2.24, 2.45) is 5.92 Å². The number of carbonyl (C=O) groups is 1. The van der Waals surface area contributed by atoms with Crippen LogP contribution in [0.1, 0.15) is 18.5 Å². The third-order valence-corrected chi connectivity index (χ3v) is 2.58. The zero-order valence-corrected chi connectivity index (χ0v) is 8.07. The van der Waals surface area contributed by atoms with Gasteiger partial charge in [0.15, 0.2) is 0 Å². The molecule has 1 aliphatic heterocycles. The Morgan fingerprint density at radius 3 is 3.14 bits per heavy atom. The number of carbonyl (C=O) groups excluding carboxylic acids is 1. The quantitative estimate of drug-likeness (QED) is 0.760. The van der Waals surface area contributed by atoms with Crippen LogP contribution in [0.15, 0.2) is 24.4 Å². The van der Waals surface area contributed by atoms with E-state index < -0.39 is 0 Å². The van der Waals surface area contributed by atoms with Crippen molar-refractivity contribution in [3.63, 3.8) is 0 Å². The molecule has 14 heavy (non-hydrogen) atoms. The van der Waals surface area contributed by atoms with Crippen LogP contribution in [0.4, 0.5) is 0 Å². The van der Waals surface area contributed by atoms with Gasteiger partial charge in [0.25, 0.3) is 0 Å². The number of nitrogens with one attached hydrogen (secondary N) is 1. The first-order valence-electron chi connectivity index (χ1n) is 5.04. The van der Waals surface area contributed by atoms with E-state index in [1.807, 2.05) is 18.2 Å². The van der Waals surface area contributed by atoms with Gasteiger partial charge in [0.05, 0.1) is 0 Å². The highest BCUT2D eigenvalue weighted by molar-refractivity contribution is 5.79. The van der Waals surface area contributed by atoms with E-state index in [1.54, 1.807) is 6.20 Å². The smallest absolute Gasteiger partial charge is 0.223 e. The van der Waals surface area contributed by atoms with Crippen LogP contribution in [0.2, 0.25) is 0 Å². The molecular weight excluding hydrogens is 176 g/mol. The number of aromatic nitrogens is 1. The molecule has 1 unspecified atom stereocenters. The van der Waals surface area contributed by atoms with Gasteiger partial charge in [-0.3, -0.25) is 9.78 Å². The normalized spacial score (nSPS) is 21.7. The fourth-order valence-corrected chi connectivity index (χ4v) is 1.80. The Morgan fingerprint density at radius 2 is 2.43 bits per heavy atom. The third-order valence-electron chi connectivity index (χ3n) is 2.58. The highest BCUT2D eigenvalue weighted by Gasteiger charge is 2.22. The summed E-state index contributed by atoms with van der Waals surface area (Å²) in [6.45, 7) is 0.831. The van der Waals surface area contributed by atoms with Crippen LogP contribution in [0.3, 0.4) is 0 Å². The summed E-state index contributed by atoms with van der Waals surface area (Å²) in [7, 11) is 0. The maximum Gasteiger partial charge on any atom is 0.223 e. The Hall–Kier alpha value is -1.38. The van der Waals surface area contributed by atoms with Gasteiger partial charge in [-0.1, -0.05) is 6.07 Å². The van der Waals surface area contributed by atoms with E-state index in [4.69, 9.17) is 0 Å². The fourth-order valence-electron chi connectivity index (χ4n) is 1.80. The zero-order chi connectivity index (χ0) is 9.80. The topological polar surface area (TPSA) is 42.0 Å². The molecule has 0 saturated carbocycles. The van der Waals surface area contributed by atoms with E-state index in [-0.39, 0.29) is 11.8 Å². The van der Waals surface area contributed by atoms with Crippen LogP contribution in [-0.2, 0) is 11.2 Å². The summed E-state index contributed by atoms with van der Waals surface area (Å²) >= 11 is 0. The summed E-state index contributed by atoms with van der Waals surface area (Å²) in [4.78, 5) is 15.7. The molecular formula is C11H14N2O. The van der Waals surface area contributed by atoms with E-state index in [2.05, 4.69) is 10.3 Å². The number of hydrogen-bond donors (Lipinski definition) is 1. The number of nitrogens with zero attached hydrogens (tertiary/aromatic N) is 1. The van der Waals surface area contributed by atoms with E-state index in [0.29, 0.717) is 0 Å². The van der Waals surface area contributed by atoms with Crippen LogP contribution < -0.4 is 5.32 Å². The van der Waals surface area contributed by atoms with E-state index in [9.17, 15) is 4.79 Å². The van der Waals surface area contributed by atoms with Crippen LogP contribution in [0.5, 0.6) is 0 Å². The molecule has 2 rings (SSSR count). The minimum Gasteiger partial charge on any atom is -0.356 e. The van der Waals surface area contributed by atoms with Crippen LogP contribution in [0.25, 0.3) is 0 Å². The van der Waals surface area contributed by atoms with Gasteiger partial charge in [0, 0.05) is 30.8 Å². The van der Waals surface area contributed by atoms with Crippen molar-refractivity contribution in [2.75, 3.05) is 6.54 Å². The van der Waals surface area contributed by atoms with Gasteiger partial charge in [0.1, 0.15) is 0 Å². The number of piperidine rings is 1. The van der Waals surface area contributed by atoms with Gasteiger partial charge in [-0.05, 0) is 25.0 Å². The van der Waals surface area contributed by atoms with Crippen LogP contribution in [-0.4, -0.2) is 17.4 Å². The minimum atomic E-state index is 0.124. The second-order valence-electron chi connectivity index (χ2n) is 3.66. The van der Waals surface area contributed by atoms with Crippen LogP contribution in [0, 0.1) is 5.92 Å². The average molecular weight is 190 g/mol. The average Bonchev–Trinajstić information content (AvgIpc) is 2.23. The molecule has 2 heterocycles. The molecule has 0 bridgehead atoms. The first-order valence-corrected chi connectivity index (χ1v) is 5.04. The Labute approximate surface area is 83.5 Å². The molecule has 0 spiro atoms. The SMILES string of the molecule is O=C1NCCCC1Cc1ccccn1. The lowest BCUT2D eigenvalue weighted by Gasteiger charge is -2.21. The molecule has 3 nitrogen and oxygen atoms in total. The van der Waals surface area contributed by atoms with E-state index in [1.165, 1.54) is 0 Å². The summed E-state index contributed by atoms with van der Waals surface area (Å²) in [6, 6.07) is 5.83. The van der Waals surface area contributed by atoms with E-state index in [0.717, 1.165) is 31.5 Å². The number of pyridine rings is 1. The van der Waals surface area contributed by atoms with Gasteiger partial charge >= 0.3 is 0 Å². The van der Waals surface area contributed by atoms with Crippen molar-refractivity contribution in [3.05, 3.63) is 30.1 Å². The summed E-state index contributed by atoms with van der Waals surface area (Å²) in [5.74, 6) is 0.306.